The molecule has 0 radical (unpaired) electrons. The molecule has 2 aromatic rings. The highest BCUT2D eigenvalue weighted by molar-refractivity contribution is 9.10. The Bertz CT molecular complexity index is 829. The van der Waals surface area contributed by atoms with E-state index in [0.29, 0.717) is 13.1 Å². The number of aryl methyl sites for hydroxylation is 1. The molecule has 0 aliphatic carbocycles. The third-order valence-electron chi connectivity index (χ3n) is 5.18. The third-order valence-corrected chi connectivity index (χ3v) is 5.67. The normalized spacial score (nSPS) is 17.5. The van der Waals surface area contributed by atoms with E-state index in [1.807, 2.05) is 36.1 Å². The van der Waals surface area contributed by atoms with Crippen molar-refractivity contribution in [3.8, 4) is 0 Å². The smallest absolute Gasteiger partial charge is 0.254 e. The fraction of sp³-hybridized carbons (Fsp3) is 0.450. The number of carbonyl (C=O) groups excluding carboxylic acids is 1. The van der Waals surface area contributed by atoms with Gasteiger partial charge >= 0.3 is 0 Å². The second kappa shape index (κ2) is 7.84. The molecule has 0 bridgehead atoms. The number of nitrogens with zero attached hydrogens (tertiary/aromatic N) is 5. The fourth-order valence-electron chi connectivity index (χ4n) is 3.70. The minimum Gasteiger partial charge on any atom is -0.356 e. The standard InChI is InChI=1S/C20H24BrN5O/c1-15-13-18(24-7-2-3-8-24)23-20(22-15)26-11-9-25(10-12-26)19(27)16-5-4-6-17(21)14-16/h4-6,13-14H,2-3,7-12H2,1H3. The Morgan fingerprint density at radius 3 is 2.41 bits per heavy atom. The van der Waals surface area contributed by atoms with E-state index in [2.05, 4.69) is 36.8 Å². The number of carbonyl (C=O) groups is 1. The number of aromatic nitrogens is 2. The Morgan fingerprint density at radius 2 is 1.70 bits per heavy atom. The Labute approximate surface area is 168 Å². The highest BCUT2D eigenvalue weighted by Crippen LogP contribution is 2.22. The maximum atomic E-state index is 12.7. The summed E-state index contributed by atoms with van der Waals surface area (Å²) in [4.78, 5) is 28.6. The van der Waals surface area contributed by atoms with Gasteiger partial charge < -0.3 is 14.7 Å². The lowest BCUT2D eigenvalue weighted by Crippen LogP contribution is -2.49. The lowest BCUT2D eigenvalue weighted by molar-refractivity contribution is 0.0746. The predicted octanol–water partition coefficient (Wildman–Crippen LogP) is 3.11. The molecule has 3 heterocycles. The zero-order valence-corrected chi connectivity index (χ0v) is 17.2. The molecular weight excluding hydrogens is 406 g/mol. The van der Waals surface area contributed by atoms with E-state index in [1.165, 1.54) is 12.8 Å². The van der Waals surface area contributed by atoms with Crippen molar-refractivity contribution in [2.75, 3.05) is 49.1 Å². The number of hydrogen-bond donors (Lipinski definition) is 0. The molecule has 0 spiro atoms. The topological polar surface area (TPSA) is 52.6 Å². The maximum absolute atomic E-state index is 12.7. The molecule has 1 aromatic heterocycles. The van der Waals surface area contributed by atoms with Crippen LogP contribution in [0.5, 0.6) is 0 Å². The molecule has 0 atom stereocenters. The van der Waals surface area contributed by atoms with Gasteiger partial charge in [-0.2, -0.15) is 4.98 Å². The molecule has 27 heavy (non-hydrogen) atoms. The number of hydrogen-bond acceptors (Lipinski definition) is 5. The van der Waals surface area contributed by atoms with E-state index in [4.69, 9.17) is 4.98 Å². The Kier molecular flexibility index (Phi) is 5.29. The highest BCUT2D eigenvalue weighted by Gasteiger charge is 2.24. The molecule has 4 rings (SSSR count). The molecule has 0 unspecified atom stereocenters. The van der Waals surface area contributed by atoms with Gasteiger partial charge in [-0.05, 0) is 38.0 Å². The first-order valence-corrected chi connectivity index (χ1v) is 10.3. The van der Waals surface area contributed by atoms with E-state index < -0.39 is 0 Å². The van der Waals surface area contributed by atoms with Gasteiger partial charge in [0.05, 0.1) is 0 Å². The van der Waals surface area contributed by atoms with Crippen molar-refractivity contribution in [2.45, 2.75) is 19.8 Å². The van der Waals surface area contributed by atoms with Crippen molar-refractivity contribution in [3.63, 3.8) is 0 Å². The first-order chi connectivity index (χ1) is 13.1. The van der Waals surface area contributed by atoms with Gasteiger partial charge in [0.2, 0.25) is 5.95 Å². The van der Waals surface area contributed by atoms with Crippen LogP contribution in [0.1, 0.15) is 28.9 Å². The fourth-order valence-corrected chi connectivity index (χ4v) is 4.10. The number of benzene rings is 1. The van der Waals surface area contributed by atoms with Crippen molar-refractivity contribution < 1.29 is 4.79 Å². The van der Waals surface area contributed by atoms with Gasteiger partial charge in [0.15, 0.2) is 0 Å². The quantitative estimate of drug-likeness (QED) is 0.749. The Hall–Kier alpha value is -2.15. The van der Waals surface area contributed by atoms with Gasteiger partial charge in [0.1, 0.15) is 5.82 Å². The summed E-state index contributed by atoms with van der Waals surface area (Å²) in [6.45, 7) is 7.04. The molecule has 2 fully saturated rings. The second-order valence-electron chi connectivity index (χ2n) is 7.15. The zero-order chi connectivity index (χ0) is 18.8. The summed E-state index contributed by atoms with van der Waals surface area (Å²) < 4.78 is 0.926. The van der Waals surface area contributed by atoms with Crippen LogP contribution in [0.25, 0.3) is 0 Å². The van der Waals surface area contributed by atoms with E-state index in [0.717, 1.165) is 53.7 Å². The molecule has 0 saturated carbocycles. The minimum atomic E-state index is 0.0823. The van der Waals surface area contributed by atoms with Gasteiger partial charge in [-0.25, -0.2) is 4.98 Å². The lowest BCUT2D eigenvalue weighted by atomic mass is 10.2. The van der Waals surface area contributed by atoms with Gasteiger partial charge in [-0.3, -0.25) is 4.79 Å². The summed E-state index contributed by atoms with van der Waals surface area (Å²) >= 11 is 3.44. The third kappa shape index (κ3) is 4.08. The SMILES string of the molecule is Cc1cc(N2CCCC2)nc(N2CCN(C(=O)c3cccc(Br)c3)CC2)n1. The molecule has 2 aliphatic heterocycles. The molecule has 0 N–H and O–H groups in total. The molecule has 142 valence electrons. The monoisotopic (exact) mass is 429 g/mol. The highest BCUT2D eigenvalue weighted by atomic mass is 79.9. The average Bonchev–Trinajstić information content (AvgIpc) is 3.22. The van der Waals surface area contributed by atoms with E-state index in [9.17, 15) is 4.79 Å². The van der Waals surface area contributed by atoms with Crippen molar-refractivity contribution in [2.24, 2.45) is 0 Å². The number of piperazine rings is 1. The summed E-state index contributed by atoms with van der Waals surface area (Å²) in [6.07, 6.45) is 2.46. The van der Waals surface area contributed by atoms with Crippen LogP contribution in [0.3, 0.4) is 0 Å². The van der Waals surface area contributed by atoms with Crippen LogP contribution in [-0.2, 0) is 0 Å². The van der Waals surface area contributed by atoms with Crippen LogP contribution >= 0.6 is 15.9 Å². The second-order valence-corrected chi connectivity index (χ2v) is 8.07. The van der Waals surface area contributed by atoms with Gasteiger partial charge in [-0.15, -0.1) is 0 Å². The Morgan fingerprint density at radius 1 is 0.963 bits per heavy atom. The molecule has 1 amide bonds. The van der Waals surface area contributed by atoms with Crippen molar-refractivity contribution in [3.05, 3.63) is 46.1 Å². The predicted molar refractivity (Wildman–Crippen MR) is 110 cm³/mol. The first kappa shape index (κ1) is 18.2. The van der Waals surface area contributed by atoms with Crippen LogP contribution in [0.15, 0.2) is 34.8 Å². The molecule has 1 aromatic carbocycles. The van der Waals surface area contributed by atoms with Gasteiger partial charge in [0.25, 0.3) is 5.91 Å². The van der Waals surface area contributed by atoms with Crippen LogP contribution < -0.4 is 9.80 Å². The first-order valence-electron chi connectivity index (χ1n) is 9.50. The summed E-state index contributed by atoms with van der Waals surface area (Å²) in [6, 6.07) is 9.64. The lowest BCUT2D eigenvalue weighted by Gasteiger charge is -2.35. The number of anilines is 2. The van der Waals surface area contributed by atoms with Crippen LogP contribution in [0, 0.1) is 6.92 Å². The van der Waals surface area contributed by atoms with E-state index in [-0.39, 0.29) is 5.91 Å². The largest absolute Gasteiger partial charge is 0.356 e. The maximum Gasteiger partial charge on any atom is 0.254 e. The molecule has 2 aliphatic rings. The minimum absolute atomic E-state index is 0.0823. The molecular formula is C20H24BrN5O. The summed E-state index contributed by atoms with van der Waals surface area (Å²) in [5.41, 5.74) is 1.72. The number of amides is 1. The summed E-state index contributed by atoms with van der Waals surface area (Å²) in [5, 5.41) is 0. The zero-order valence-electron chi connectivity index (χ0n) is 15.6. The average molecular weight is 430 g/mol. The van der Waals surface area contributed by atoms with Crippen molar-refractivity contribution >= 4 is 33.6 Å². The van der Waals surface area contributed by atoms with E-state index in [1.54, 1.807) is 0 Å². The van der Waals surface area contributed by atoms with E-state index >= 15 is 0 Å². The van der Waals surface area contributed by atoms with Crippen LogP contribution in [-0.4, -0.2) is 60.0 Å². The molecule has 2 saturated heterocycles. The molecule has 6 nitrogen and oxygen atoms in total. The van der Waals surface area contributed by atoms with Gasteiger partial charge in [0, 0.05) is 61.1 Å². The number of halogens is 1. The van der Waals surface area contributed by atoms with Crippen molar-refractivity contribution in [1.29, 1.82) is 0 Å². The molecule has 7 heteroatoms. The van der Waals surface area contributed by atoms with Crippen LogP contribution in [0.2, 0.25) is 0 Å². The van der Waals surface area contributed by atoms with Crippen molar-refractivity contribution in [1.82, 2.24) is 14.9 Å². The number of rotatable bonds is 3. The van der Waals surface area contributed by atoms with Gasteiger partial charge in [-0.1, -0.05) is 22.0 Å². The van der Waals surface area contributed by atoms with Crippen LogP contribution in [0.4, 0.5) is 11.8 Å². The Balaban J connectivity index is 1.44. The summed E-state index contributed by atoms with van der Waals surface area (Å²) in [7, 11) is 0. The summed E-state index contributed by atoms with van der Waals surface area (Å²) in [5.74, 6) is 1.90.